The maximum atomic E-state index is 12.2. The summed E-state index contributed by atoms with van der Waals surface area (Å²) in [5, 5.41) is 6.41. The molecule has 0 bridgehead atoms. The van der Waals surface area contributed by atoms with Gasteiger partial charge in [0.1, 0.15) is 0 Å². The Morgan fingerprint density at radius 2 is 2.16 bits per heavy atom. The van der Waals surface area contributed by atoms with Crippen LogP contribution in [0.25, 0.3) is 0 Å². The first-order chi connectivity index (χ1) is 9.20. The molecule has 2 N–H and O–H groups in total. The molecule has 0 aliphatic carbocycles. The minimum absolute atomic E-state index is 0.0836. The Morgan fingerprint density at radius 1 is 1.42 bits per heavy atom. The van der Waals surface area contributed by atoms with E-state index in [0.717, 1.165) is 32.4 Å². The number of piperidine rings is 1. The highest BCUT2D eigenvalue weighted by molar-refractivity contribution is 5.79. The van der Waals surface area contributed by atoms with E-state index in [1.807, 2.05) is 0 Å². The molecule has 3 heteroatoms. The van der Waals surface area contributed by atoms with Gasteiger partial charge in [0.25, 0.3) is 0 Å². The van der Waals surface area contributed by atoms with Gasteiger partial charge in [0.2, 0.25) is 5.91 Å². The topological polar surface area (TPSA) is 41.1 Å². The highest BCUT2D eigenvalue weighted by Crippen LogP contribution is 2.16. The molecule has 3 nitrogen and oxygen atoms in total. The summed E-state index contributed by atoms with van der Waals surface area (Å²) < 4.78 is 0. The number of hydrogen-bond donors (Lipinski definition) is 2. The molecule has 1 heterocycles. The molecule has 1 aromatic rings. The van der Waals surface area contributed by atoms with Crippen LogP contribution < -0.4 is 10.6 Å². The normalized spacial score (nSPS) is 20.8. The predicted octanol–water partition coefficient (Wildman–Crippen LogP) is 2.43. The zero-order valence-electron chi connectivity index (χ0n) is 11.9. The van der Waals surface area contributed by atoms with Crippen LogP contribution >= 0.6 is 0 Å². The van der Waals surface area contributed by atoms with Crippen molar-refractivity contribution in [1.82, 2.24) is 10.6 Å². The Morgan fingerprint density at radius 3 is 2.74 bits per heavy atom. The van der Waals surface area contributed by atoms with Gasteiger partial charge in [-0.15, -0.1) is 0 Å². The minimum atomic E-state index is 0.0836. The third kappa shape index (κ3) is 3.80. The van der Waals surface area contributed by atoms with E-state index >= 15 is 0 Å². The molecule has 1 aliphatic heterocycles. The first kappa shape index (κ1) is 14.1. The van der Waals surface area contributed by atoms with Crippen molar-refractivity contribution in [3.63, 3.8) is 0 Å². The van der Waals surface area contributed by atoms with Crippen LogP contribution in [0.4, 0.5) is 0 Å². The van der Waals surface area contributed by atoms with Crippen molar-refractivity contribution < 1.29 is 4.79 Å². The van der Waals surface area contributed by atoms with E-state index in [1.165, 1.54) is 11.1 Å². The molecule has 1 fully saturated rings. The van der Waals surface area contributed by atoms with Crippen LogP contribution in [0.1, 0.15) is 43.9 Å². The zero-order chi connectivity index (χ0) is 13.7. The number of benzene rings is 1. The number of amides is 1. The standard InChI is InChI=1S/C16H24N2O/c1-3-13-6-8-14(9-7-13)12(2)18-16(19)15-5-4-10-17-11-15/h6-9,12,15,17H,3-5,10-11H2,1-2H3,(H,18,19)/t12?,15-/m1/s1. The summed E-state index contributed by atoms with van der Waals surface area (Å²) in [6.45, 7) is 6.05. The van der Waals surface area contributed by atoms with Crippen molar-refractivity contribution in [2.45, 2.75) is 39.2 Å². The Kier molecular flexibility index (Phi) is 4.97. The van der Waals surface area contributed by atoms with Gasteiger partial charge in [-0.1, -0.05) is 31.2 Å². The first-order valence-corrected chi connectivity index (χ1v) is 7.30. The SMILES string of the molecule is CCc1ccc(C(C)NC(=O)[C@@H]2CCCNC2)cc1. The van der Waals surface area contributed by atoms with Crippen molar-refractivity contribution in [1.29, 1.82) is 0 Å². The average molecular weight is 260 g/mol. The fourth-order valence-electron chi connectivity index (χ4n) is 2.53. The lowest BCUT2D eigenvalue weighted by Gasteiger charge is -2.24. The van der Waals surface area contributed by atoms with Gasteiger partial charge in [0.15, 0.2) is 0 Å². The maximum absolute atomic E-state index is 12.2. The van der Waals surface area contributed by atoms with Gasteiger partial charge in [0, 0.05) is 6.54 Å². The van der Waals surface area contributed by atoms with E-state index < -0.39 is 0 Å². The summed E-state index contributed by atoms with van der Waals surface area (Å²) >= 11 is 0. The lowest BCUT2D eigenvalue weighted by molar-refractivity contribution is -0.126. The number of hydrogen-bond acceptors (Lipinski definition) is 2. The van der Waals surface area contributed by atoms with E-state index in [-0.39, 0.29) is 17.9 Å². The van der Waals surface area contributed by atoms with E-state index in [0.29, 0.717) is 0 Å². The van der Waals surface area contributed by atoms with Crippen molar-refractivity contribution in [3.8, 4) is 0 Å². The van der Waals surface area contributed by atoms with Gasteiger partial charge in [-0.3, -0.25) is 4.79 Å². The van der Waals surface area contributed by atoms with Gasteiger partial charge in [0.05, 0.1) is 12.0 Å². The number of aryl methyl sites for hydroxylation is 1. The molecule has 1 saturated heterocycles. The molecule has 1 aliphatic rings. The highest BCUT2D eigenvalue weighted by atomic mass is 16.1. The summed E-state index contributed by atoms with van der Waals surface area (Å²) in [5.41, 5.74) is 2.51. The Hall–Kier alpha value is -1.35. The highest BCUT2D eigenvalue weighted by Gasteiger charge is 2.22. The Balaban J connectivity index is 1.91. The number of nitrogens with one attached hydrogen (secondary N) is 2. The van der Waals surface area contributed by atoms with Crippen LogP contribution in [0.5, 0.6) is 0 Å². The van der Waals surface area contributed by atoms with Crippen molar-refractivity contribution in [3.05, 3.63) is 35.4 Å². The molecule has 2 rings (SSSR count). The van der Waals surface area contributed by atoms with E-state index in [1.54, 1.807) is 0 Å². The smallest absolute Gasteiger partial charge is 0.224 e. The Labute approximate surface area is 115 Å². The summed E-state index contributed by atoms with van der Waals surface area (Å²) in [4.78, 5) is 12.2. The van der Waals surface area contributed by atoms with Crippen LogP contribution in [0.2, 0.25) is 0 Å². The van der Waals surface area contributed by atoms with Crippen LogP contribution in [-0.4, -0.2) is 19.0 Å². The molecule has 0 saturated carbocycles. The van der Waals surface area contributed by atoms with Crippen LogP contribution in [0.15, 0.2) is 24.3 Å². The minimum Gasteiger partial charge on any atom is -0.349 e. The molecule has 1 amide bonds. The fraction of sp³-hybridized carbons (Fsp3) is 0.562. The largest absolute Gasteiger partial charge is 0.349 e. The molecule has 0 radical (unpaired) electrons. The van der Waals surface area contributed by atoms with Crippen molar-refractivity contribution in [2.75, 3.05) is 13.1 Å². The molecular formula is C16H24N2O. The molecule has 1 aromatic carbocycles. The maximum Gasteiger partial charge on any atom is 0.224 e. The van der Waals surface area contributed by atoms with Crippen LogP contribution in [0.3, 0.4) is 0 Å². The van der Waals surface area contributed by atoms with Gasteiger partial charge >= 0.3 is 0 Å². The van der Waals surface area contributed by atoms with Gasteiger partial charge in [-0.25, -0.2) is 0 Å². The molecule has 104 valence electrons. The number of carbonyl (C=O) groups excluding carboxylic acids is 1. The third-order valence-electron chi connectivity index (χ3n) is 3.91. The predicted molar refractivity (Wildman–Crippen MR) is 78.0 cm³/mol. The molecule has 0 aromatic heterocycles. The van der Waals surface area contributed by atoms with Crippen LogP contribution in [0, 0.1) is 5.92 Å². The summed E-state index contributed by atoms with van der Waals surface area (Å²) in [5.74, 6) is 0.311. The third-order valence-corrected chi connectivity index (χ3v) is 3.91. The van der Waals surface area contributed by atoms with E-state index in [2.05, 4.69) is 48.7 Å². The second-order valence-corrected chi connectivity index (χ2v) is 5.37. The molecule has 1 unspecified atom stereocenters. The van der Waals surface area contributed by atoms with E-state index in [4.69, 9.17) is 0 Å². The van der Waals surface area contributed by atoms with E-state index in [9.17, 15) is 4.79 Å². The molecule has 19 heavy (non-hydrogen) atoms. The van der Waals surface area contributed by atoms with Crippen LogP contribution in [-0.2, 0) is 11.2 Å². The first-order valence-electron chi connectivity index (χ1n) is 7.30. The number of carbonyl (C=O) groups is 1. The molecule has 0 spiro atoms. The summed E-state index contributed by atoms with van der Waals surface area (Å²) in [7, 11) is 0. The van der Waals surface area contributed by atoms with Gasteiger partial charge in [-0.05, 0) is 43.9 Å². The lowest BCUT2D eigenvalue weighted by atomic mass is 9.97. The molecular weight excluding hydrogens is 236 g/mol. The van der Waals surface area contributed by atoms with Crippen molar-refractivity contribution >= 4 is 5.91 Å². The number of rotatable bonds is 4. The fourth-order valence-corrected chi connectivity index (χ4v) is 2.53. The Bertz CT molecular complexity index is 407. The summed E-state index contributed by atoms with van der Waals surface area (Å²) in [6.07, 6.45) is 3.15. The van der Waals surface area contributed by atoms with Gasteiger partial charge in [-0.2, -0.15) is 0 Å². The zero-order valence-corrected chi connectivity index (χ0v) is 11.9. The average Bonchev–Trinajstić information content (AvgIpc) is 2.48. The second-order valence-electron chi connectivity index (χ2n) is 5.37. The quantitative estimate of drug-likeness (QED) is 0.873. The summed E-state index contributed by atoms with van der Waals surface area (Å²) in [6, 6.07) is 8.59. The van der Waals surface area contributed by atoms with Gasteiger partial charge < -0.3 is 10.6 Å². The lowest BCUT2D eigenvalue weighted by Crippen LogP contribution is -2.41. The second kappa shape index (κ2) is 6.71. The monoisotopic (exact) mass is 260 g/mol. The molecule has 2 atom stereocenters. The van der Waals surface area contributed by atoms with Crippen molar-refractivity contribution in [2.24, 2.45) is 5.92 Å².